The SMILES string of the molecule is CC(C)(C)OC(=O)Nc1ccc(O)cc1C1(C(=O)O)CC(N)C1. The van der Waals surface area contributed by atoms with Crippen molar-refractivity contribution in [3.63, 3.8) is 0 Å². The molecule has 7 nitrogen and oxygen atoms in total. The number of carboxylic acids is 1. The zero-order chi connectivity index (χ0) is 17.4. The standard InChI is InChI=1S/C16H22N2O5/c1-15(2,3)23-14(22)18-12-5-4-10(19)6-11(12)16(13(20)21)7-9(17)8-16/h4-6,9,19H,7-8,17H2,1-3H3,(H,18,22)(H,20,21). The number of ether oxygens (including phenoxy) is 1. The number of carboxylic acid groups (broad SMARTS) is 1. The van der Waals surface area contributed by atoms with Crippen LogP contribution >= 0.6 is 0 Å². The quantitative estimate of drug-likeness (QED) is 0.633. The molecule has 1 saturated carbocycles. The lowest BCUT2D eigenvalue weighted by molar-refractivity contribution is -0.148. The van der Waals surface area contributed by atoms with Crippen LogP contribution in [0.25, 0.3) is 0 Å². The van der Waals surface area contributed by atoms with Crippen molar-refractivity contribution in [1.29, 1.82) is 0 Å². The van der Waals surface area contributed by atoms with Gasteiger partial charge >= 0.3 is 12.1 Å². The first-order valence-electron chi connectivity index (χ1n) is 7.36. The van der Waals surface area contributed by atoms with Gasteiger partial charge in [0, 0.05) is 11.7 Å². The van der Waals surface area contributed by atoms with Crippen LogP contribution in [0.15, 0.2) is 18.2 Å². The normalized spacial score (nSPS) is 23.7. The van der Waals surface area contributed by atoms with Gasteiger partial charge in [-0.25, -0.2) is 4.79 Å². The molecule has 0 bridgehead atoms. The number of rotatable bonds is 3. The highest BCUT2D eigenvalue weighted by Crippen LogP contribution is 2.47. The van der Waals surface area contributed by atoms with Gasteiger partial charge in [-0.05, 0) is 57.4 Å². The van der Waals surface area contributed by atoms with Crippen LogP contribution in [0.1, 0.15) is 39.2 Å². The number of phenols is 1. The number of hydrogen-bond donors (Lipinski definition) is 4. The fourth-order valence-electron chi connectivity index (χ4n) is 2.80. The van der Waals surface area contributed by atoms with E-state index in [4.69, 9.17) is 10.5 Å². The minimum Gasteiger partial charge on any atom is -0.508 e. The van der Waals surface area contributed by atoms with E-state index in [1.54, 1.807) is 20.8 Å². The number of nitrogens with two attached hydrogens (primary N) is 1. The van der Waals surface area contributed by atoms with Gasteiger partial charge in [0.1, 0.15) is 11.4 Å². The second-order valence-corrected chi connectivity index (χ2v) is 6.91. The van der Waals surface area contributed by atoms with Crippen LogP contribution in [0, 0.1) is 0 Å². The van der Waals surface area contributed by atoms with E-state index in [0.717, 1.165) is 0 Å². The van der Waals surface area contributed by atoms with Gasteiger partial charge in [-0.3, -0.25) is 10.1 Å². The van der Waals surface area contributed by atoms with Crippen LogP contribution in [-0.4, -0.2) is 33.9 Å². The monoisotopic (exact) mass is 322 g/mol. The van der Waals surface area contributed by atoms with E-state index in [2.05, 4.69) is 5.32 Å². The van der Waals surface area contributed by atoms with Gasteiger partial charge in [-0.2, -0.15) is 0 Å². The van der Waals surface area contributed by atoms with Crippen molar-refractivity contribution in [2.75, 3.05) is 5.32 Å². The van der Waals surface area contributed by atoms with Crippen LogP contribution < -0.4 is 11.1 Å². The van der Waals surface area contributed by atoms with Crippen molar-refractivity contribution in [3.8, 4) is 5.75 Å². The summed E-state index contributed by atoms with van der Waals surface area (Å²) in [6.45, 7) is 5.19. The Labute approximate surface area is 134 Å². The van der Waals surface area contributed by atoms with Crippen LogP contribution in [0.2, 0.25) is 0 Å². The fourth-order valence-corrected chi connectivity index (χ4v) is 2.80. The third-order valence-electron chi connectivity index (χ3n) is 3.79. The molecule has 0 radical (unpaired) electrons. The summed E-state index contributed by atoms with van der Waals surface area (Å²) in [7, 11) is 0. The first-order valence-corrected chi connectivity index (χ1v) is 7.36. The Kier molecular flexibility index (Phi) is 4.26. The van der Waals surface area contributed by atoms with E-state index in [1.165, 1.54) is 18.2 Å². The first-order chi connectivity index (χ1) is 10.5. The molecule has 0 atom stereocenters. The third kappa shape index (κ3) is 3.56. The maximum absolute atomic E-state index is 12.0. The zero-order valence-corrected chi connectivity index (χ0v) is 13.4. The molecule has 2 rings (SSSR count). The number of nitrogens with one attached hydrogen (secondary N) is 1. The van der Waals surface area contributed by atoms with E-state index in [9.17, 15) is 19.8 Å². The molecule has 1 fully saturated rings. The summed E-state index contributed by atoms with van der Waals surface area (Å²) >= 11 is 0. The molecule has 1 amide bonds. The minimum atomic E-state index is -1.21. The van der Waals surface area contributed by atoms with Crippen molar-refractivity contribution in [3.05, 3.63) is 23.8 Å². The number of phenolic OH excluding ortho intramolecular Hbond substituents is 1. The van der Waals surface area contributed by atoms with Crippen LogP contribution in [0.4, 0.5) is 10.5 Å². The molecule has 0 aromatic heterocycles. The number of aromatic hydroxyl groups is 1. The fraction of sp³-hybridized carbons (Fsp3) is 0.500. The number of amides is 1. The molecule has 7 heteroatoms. The molecule has 0 spiro atoms. The van der Waals surface area contributed by atoms with Crippen LogP contribution in [-0.2, 0) is 14.9 Å². The average molecular weight is 322 g/mol. The largest absolute Gasteiger partial charge is 0.508 e. The van der Waals surface area contributed by atoms with Crippen molar-refractivity contribution < 1.29 is 24.5 Å². The van der Waals surface area contributed by atoms with E-state index in [0.29, 0.717) is 11.3 Å². The van der Waals surface area contributed by atoms with Gasteiger partial charge in [-0.15, -0.1) is 0 Å². The summed E-state index contributed by atoms with van der Waals surface area (Å²) in [5.74, 6) is -1.10. The Balaban J connectivity index is 2.35. The van der Waals surface area contributed by atoms with Gasteiger partial charge < -0.3 is 20.7 Å². The van der Waals surface area contributed by atoms with Crippen LogP contribution in [0.3, 0.4) is 0 Å². The molecule has 126 valence electrons. The molecule has 0 unspecified atom stereocenters. The number of anilines is 1. The Morgan fingerprint density at radius 3 is 2.43 bits per heavy atom. The van der Waals surface area contributed by atoms with Crippen molar-refractivity contribution in [1.82, 2.24) is 0 Å². The first kappa shape index (κ1) is 17.1. The Morgan fingerprint density at radius 2 is 1.96 bits per heavy atom. The maximum Gasteiger partial charge on any atom is 0.412 e. The number of benzene rings is 1. The predicted molar refractivity (Wildman–Crippen MR) is 84.5 cm³/mol. The van der Waals surface area contributed by atoms with Crippen molar-refractivity contribution >= 4 is 17.7 Å². The lowest BCUT2D eigenvalue weighted by atomic mass is 9.61. The van der Waals surface area contributed by atoms with E-state index in [1.807, 2.05) is 0 Å². The van der Waals surface area contributed by atoms with Gasteiger partial charge in [0.25, 0.3) is 0 Å². The average Bonchev–Trinajstić information content (AvgIpc) is 2.34. The van der Waals surface area contributed by atoms with Crippen molar-refractivity contribution in [2.24, 2.45) is 5.73 Å². The molecule has 1 aromatic carbocycles. The number of carbonyl (C=O) groups is 2. The summed E-state index contributed by atoms with van der Waals surface area (Å²) in [4.78, 5) is 23.7. The highest BCUT2D eigenvalue weighted by Gasteiger charge is 2.52. The Hall–Kier alpha value is -2.28. The van der Waals surface area contributed by atoms with Gasteiger partial charge in [0.15, 0.2) is 0 Å². The summed E-state index contributed by atoms with van der Waals surface area (Å²) in [5, 5.41) is 21.9. The highest BCUT2D eigenvalue weighted by molar-refractivity contribution is 5.91. The lowest BCUT2D eigenvalue weighted by Gasteiger charge is -2.43. The van der Waals surface area contributed by atoms with E-state index >= 15 is 0 Å². The molecule has 0 saturated heterocycles. The molecule has 5 N–H and O–H groups in total. The molecule has 1 aliphatic carbocycles. The zero-order valence-electron chi connectivity index (χ0n) is 13.4. The number of hydrogen-bond acceptors (Lipinski definition) is 5. The molecular weight excluding hydrogens is 300 g/mol. The van der Waals surface area contributed by atoms with E-state index in [-0.39, 0.29) is 24.6 Å². The summed E-state index contributed by atoms with van der Waals surface area (Å²) < 4.78 is 5.19. The van der Waals surface area contributed by atoms with Gasteiger partial charge in [0.05, 0.1) is 5.41 Å². The molecule has 0 heterocycles. The number of carbonyl (C=O) groups excluding carboxylic acids is 1. The second-order valence-electron chi connectivity index (χ2n) is 6.91. The molecule has 0 aliphatic heterocycles. The smallest absolute Gasteiger partial charge is 0.412 e. The predicted octanol–water partition coefficient (Wildman–Crippen LogP) is 2.18. The summed E-state index contributed by atoms with van der Waals surface area (Å²) in [6.07, 6.45) is -0.197. The maximum atomic E-state index is 12.0. The molecule has 1 aromatic rings. The second kappa shape index (κ2) is 5.73. The Bertz CT molecular complexity index is 630. The third-order valence-corrected chi connectivity index (χ3v) is 3.79. The highest BCUT2D eigenvalue weighted by atomic mass is 16.6. The molecule has 23 heavy (non-hydrogen) atoms. The van der Waals surface area contributed by atoms with Gasteiger partial charge in [-0.1, -0.05) is 0 Å². The van der Waals surface area contributed by atoms with Crippen LogP contribution in [0.5, 0.6) is 5.75 Å². The van der Waals surface area contributed by atoms with Crippen molar-refractivity contribution in [2.45, 2.75) is 50.7 Å². The van der Waals surface area contributed by atoms with Gasteiger partial charge in [0.2, 0.25) is 0 Å². The summed E-state index contributed by atoms with van der Waals surface area (Å²) in [6, 6.07) is 3.98. The molecule has 1 aliphatic rings. The Morgan fingerprint density at radius 1 is 1.35 bits per heavy atom. The van der Waals surface area contributed by atoms with E-state index < -0.39 is 23.1 Å². The molecular formula is C16H22N2O5. The topological polar surface area (TPSA) is 122 Å². The summed E-state index contributed by atoms with van der Waals surface area (Å²) in [5.41, 5.74) is 4.51. The minimum absolute atomic E-state index is 0.0733. The number of aliphatic carboxylic acids is 1. The lowest BCUT2D eigenvalue weighted by Crippen LogP contribution is -2.54.